The molecule has 0 heterocycles. The van der Waals surface area contributed by atoms with Gasteiger partial charge in [0.2, 0.25) is 0 Å². The van der Waals surface area contributed by atoms with Crippen molar-refractivity contribution >= 4 is 5.78 Å². The van der Waals surface area contributed by atoms with Crippen LogP contribution >= 0.6 is 0 Å². The van der Waals surface area contributed by atoms with Gasteiger partial charge in [0.25, 0.3) is 0 Å². The van der Waals surface area contributed by atoms with Crippen molar-refractivity contribution in [2.24, 2.45) is 0 Å². The molecule has 0 atom stereocenters. The average Bonchev–Trinajstić information content (AvgIpc) is 1.38. The first-order valence-corrected chi connectivity index (χ1v) is 1.76. The number of carbonyl (C=O) groups excluding carboxylic acids is 1. The van der Waals surface area contributed by atoms with Crippen LogP contribution in [0, 0.1) is 0 Å². The minimum Gasteiger partial charge on any atom is -1.00 e. The third-order valence-electron chi connectivity index (χ3n) is 0.498. The summed E-state index contributed by atoms with van der Waals surface area (Å²) in [5.74, 6) is 0.255. The number of hydrogen-bond acceptors (Lipinski definition) is 1. The number of ketones is 1. The van der Waals surface area contributed by atoms with Gasteiger partial charge in [0.15, 0.2) is 0 Å². The number of hydrogen-bond donors (Lipinski definition) is 0. The smallest absolute Gasteiger partial charge is 1.00 e. The van der Waals surface area contributed by atoms with Gasteiger partial charge in [-0.15, -0.1) is 0 Å². The van der Waals surface area contributed by atoms with E-state index in [0.29, 0.717) is 6.42 Å². The molecular formula is C4H9KO. The minimum atomic E-state index is 0. The van der Waals surface area contributed by atoms with Crippen LogP contribution in [0.25, 0.3) is 0 Å². The van der Waals surface area contributed by atoms with Gasteiger partial charge < -0.3 is 6.22 Å². The summed E-state index contributed by atoms with van der Waals surface area (Å²) >= 11 is 0. The Morgan fingerprint density at radius 1 is 1.83 bits per heavy atom. The number of rotatable bonds is 1. The molecule has 0 bridgehead atoms. The molecule has 0 aromatic carbocycles. The van der Waals surface area contributed by atoms with Crippen LogP contribution in [0.5, 0.6) is 0 Å². The van der Waals surface area contributed by atoms with Gasteiger partial charge >= 0.3 is 51.4 Å². The Kier molecular flexibility index (Phi) is 10.8. The second-order valence-corrected chi connectivity index (χ2v) is 1.06. The summed E-state index contributed by atoms with van der Waals surface area (Å²) in [5.41, 5.74) is 0. The first kappa shape index (κ1) is 10.3. The molecule has 0 radical (unpaired) electrons. The van der Waals surface area contributed by atoms with E-state index in [0.717, 1.165) is 0 Å². The van der Waals surface area contributed by atoms with E-state index in [9.17, 15) is 4.79 Å². The largest absolute Gasteiger partial charge is 1.00 e. The zero-order valence-corrected chi connectivity index (χ0v) is 7.74. The van der Waals surface area contributed by atoms with Crippen LogP contribution in [0.15, 0.2) is 0 Å². The molecule has 0 aliphatic rings. The molecular weight excluding hydrogens is 103 g/mol. The predicted molar refractivity (Wildman–Crippen MR) is 22.1 cm³/mol. The van der Waals surface area contributed by atoms with Gasteiger partial charge in [-0.1, -0.05) is 6.92 Å². The molecule has 0 saturated carbocycles. The summed E-state index contributed by atoms with van der Waals surface area (Å²) in [7, 11) is 0. The molecule has 0 aromatic heterocycles. The van der Waals surface area contributed by atoms with Crippen LogP contribution in [-0.4, -0.2) is 5.78 Å². The molecule has 0 amide bonds. The Hall–Kier alpha value is 1.31. The summed E-state index contributed by atoms with van der Waals surface area (Å²) in [6.07, 6.45) is 0.667. The first-order chi connectivity index (χ1) is 2.27. The van der Waals surface area contributed by atoms with Gasteiger partial charge in [-0.25, -0.2) is 0 Å². The summed E-state index contributed by atoms with van der Waals surface area (Å²) in [5, 5.41) is 0. The molecule has 0 fully saturated rings. The normalized spacial score (nSPS) is 6.33. The Bertz CT molecular complexity index is 47.0. The van der Waals surface area contributed by atoms with E-state index >= 15 is 0 Å². The molecule has 0 rings (SSSR count). The van der Waals surface area contributed by atoms with Crippen LogP contribution in [0.1, 0.15) is 21.7 Å². The monoisotopic (exact) mass is 112 g/mol. The molecule has 0 saturated heterocycles. The fraction of sp³-hybridized carbons (Fsp3) is 0.750. The zero-order chi connectivity index (χ0) is 4.28. The summed E-state index contributed by atoms with van der Waals surface area (Å²) < 4.78 is 0. The van der Waals surface area contributed by atoms with Crippen molar-refractivity contribution in [2.45, 2.75) is 20.3 Å². The number of carbonyl (C=O) groups is 1. The Morgan fingerprint density at radius 2 is 2.00 bits per heavy atom. The van der Waals surface area contributed by atoms with Gasteiger partial charge in [-0.05, 0) is 6.92 Å². The first-order valence-electron chi connectivity index (χ1n) is 1.76. The van der Waals surface area contributed by atoms with Gasteiger partial charge in [0.1, 0.15) is 5.78 Å². The van der Waals surface area contributed by atoms with E-state index < -0.39 is 0 Å². The maximum Gasteiger partial charge on any atom is 1.00 e. The molecule has 1 nitrogen and oxygen atoms in total. The molecule has 0 aromatic rings. The van der Waals surface area contributed by atoms with E-state index in [2.05, 4.69) is 0 Å². The molecule has 0 unspecified atom stereocenters. The van der Waals surface area contributed by atoms with Gasteiger partial charge in [0.05, 0.1) is 0 Å². The van der Waals surface area contributed by atoms with Crippen LogP contribution in [0.4, 0.5) is 0 Å². The summed E-state index contributed by atoms with van der Waals surface area (Å²) in [4.78, 5) is 9.81. The summed E-state index contributed by atoms with van der Waals surface area (Å²) in [6.45, 7) is 3.43. The van der Waals surface area contributed by atoms with Crippen LogP contribution in [0.2, 0.25) is 0 Å². The van der Waals surface area contributed by atoms with E-state index in [4.69, 9.17) is 0 Å². The van der Waals surface area contributed by atoms with Crippen LogP contribution < -0.4 is 51.4 Å². The topological polar surface area (TPSA) is 17.1 Å². The van der Waals surface area contributed by atoms with E-state index in [1.54, 1.807) is 6.92 Å². The molecule has 0 N–H and O–H groups in total. The molecule has 0 spiro atoms. The van der Waals surface area contributed by atoms with Crippen molar-refractivity contribution in [3.05, 3.63) is 0 Å². The van der Waals surface area contributed by atoms with E-state index in [1.165, 1.54) is 0 Å². The van der Waals surface area contributed by atoms with Crippen molar-refractivity contribution in [1.29, 1.82) is 0 Å². The third-order valence-corrected chi connectivity index (χ3v) is 0.498. The molecule has 2 heteroatoms. The van der Waals surface area contributed by atoms with Gasteiger partial charge in [-0.3, -0.25) is 0 Å². The second kappa shape index (κ2) is 6.31. The Labute approximate surface area is 82.4 Å². The van der Waals surface area contributed by atoms with E-state index in [-0.39, 0.29) is 58.6 Å². The molecule has 32 valence electrons. The SMILES string of the molecule is CCC(C)=O.[H-].[K+]. The molecule has 0 aliphatic carbocycles. The molecule has 6 heavy (non-hydrogen) atoms. The summed E-state index contributed by atoms with van der Waals surface area (Å²) in [6, 6.07) is 0. The van der Waals surface area contributed by atoms with Crippen molar-refractivity contribution in [1.82, 2.24) is 0 Å². The van der Waals surface area contributed by atoms with Crippen LogP contribution in [0.3, 0.4) is 0 Å². The quantitative estimate of drug-likeness (QED) is 0.362. The Morgan fingerprint density at radius 3 is 2.00 bits per heavy atom. The Balaban J connectivity index is -0.0000000800. The molecule has 0 aliphatic heterocycles. The van der Waals surface area contributed by atoms with Crippen LogP contribution in [-0.2, 0) is 4.79 Å². The van der Waals surface area contributed by atoms with Crippen molar-refractivity contribution in [2.75, 3.05) is 0 Å². The standard InChI is InChI=1S/C4H8O.K.H/c1-3-4(2)5;;/h3H2,1-2H3;;/q;+1;-1. The minimum absolute atomic E-state index is 0. The van der Waals surface area contributed by atoms with Crippen molar-refractivity contribution < 1.29 is 57.6 Å². The van der Waals surface area contributed by atoms with Gasteiger partial charge in [0, 0.05) is 6.42 Å². The van der Waals surface area contributed by atoms with E-state index in [1.807, 2.05) is 6.92 Å². The average molecular weight is 112 g/mol. The zero-order valence-electron chi connectivity index (χ0n) is 5.62. The second-order valence-electron chi connectivity index (χ2n) is 1.06. The van der Waals surface area contributed by atoms with Gasteiger partial charge in [-0.2, -0.15) is 0 Å². The third kappa shape index (κ3) is 9.00. The fourth-order valence-electron chi connectivity index (χ4n) is 0. The van der Waals surface area contributed by atoms with Crippen molar-refractivity contribution in [3.8, 4) is 0 Å². The maximum atomic E-state index is 9.81. The number of Topliss-reactive ketones (excluding diaryl/α,β-unsaturated/α-hetero) is 1. The maximum absolute atomic E-state index is 9.81. The predicted octanol–water partition coefficient (Wildman–Crippen LogP) is -1.90. The fourth-order valence-corrected chi connectivity index (χ4v) is 0. The van der Waals surface area contributed by atoms with Crippen molar-refractivity contribution in [3.63, 3.8) is 0 Å².